The Kier molecular flexibility index (Phi) is 4.95. The summed E-state index contributed by atoms with van der Waals surface area (Å²) in [5, 5.41) is 16.0. The second-order valence-corrected chi connectivity index (χ2v) is 7.49. The summed E-state index contributed by atoms with van der Waals surface area (Å²) in [6.07, 6.45) is 5.62. The molecule has 0 saturated carbocycles. The van der Waals surface area contributed by atoms with Gasteiger partial charge in [-0.3, -0.25) is 0 Å². The molecule has 1 saturated heterocycles. The maximum Gasteiger partial charge on any atom is 0.229 e. The SMILES string of the molecule is CN[C@@H]1CCCN(c2nc(Nc3ccc(C)c(C#N)c3)nc3c2CCC3)C1. The molecule has 1 fully saturated rings. The highest BCUT2D eigenvalue weighted by Crippen LogP contribution is 2.32. The summed E-state index contributed by atoms with van der Waals surface area (Å²) < 4.78 is 0. The summed E-state index contributed by atoms with van der Waals surface area (Å²) in [6, 6.07) is 8.55. The van der Waals surface area contributed by atoms with Gasteiger partial charge < -0.3 is 15.5 Å². The zero-order valence-corrected chi connectivity index (χ0v) is 16.0. The van der Waals surface area contributed by atoms with Gasteiger partial charge in [0.2, 0.25) is 5.95 Å². The van der Waals surface area contributed by atoms with Gasteiger partial charge in [-0.25, -0.2) is 4.98 Å². The Morgan fingerprint density at radius 2 is 2.11 bits per heavy atom. The molecule has 1 aliphatic carbocycles. The quantitative estimate of drug-likeness (QED) is 0.870. The van der Waals surface area contributed by atoms with Crippen LogP contribution in [0.2, 0.25) is 0 Å². The number of benzene rings is 1. The lowest BCUT2D eigenvalue weighted by Crippen LogP contribution is -2.45. The van der Waals surface area contributed by atoms with Crippen LogP contribution in [0.3, 0.4) is 0 Å². The third-order valence-electron chi connectivity index (χ3n) is 5.65. The van der Waals surface area contributed by atoms with Crippen LogP contribution >= 0.6 is 0 Å². The van der Waals surface area contributed by atoms with Crippen LogP contribution in [0, 0.1) is 18.3 Å². The van der Waals surface area contributed by atoms with Crippen molar-refractivity contribution in [2.24, 2.45) is 0 Å². The van der Waals surface area contributed by atoms with Crippen molar-refractivity contribution in [3.63, 3.8) is 0 Å². The Hall–Kier alpha value is -2.65. The summed E-state index contributed by atoms with van der Waals surface area (Å²) in [6.45, 7) is 3.98. The van der Waals surface area contributed by atoms with E-state index in [1.54, 1.807) is 0 Å². The smallest absolute Gasteiger partial charge is 0.229 e. The van der Waals surface area contributed by atoms with E-state index in [1.165, 1.54) is 24.1 Å². The molecule has 0 bridgehead atoms. The summed E-state index contributed by atoms with van der Waals surface area (Å²) >= 11 is 0. The highest BCUT2D eigenvalue weighted by molar-refractivity contribution is 5.61. The zero-order chi connectivity index (χ0) is 18.8. The van der Waals surface area contributed by atoms with Crippen LogP contribution in [0.15, 0.2) is 18.2 Å². The molecule has 27 heavy (non-hydrogen) atoms. The number of fused-ring (bicyclic) bond motifs is 1. The molecule has 1 aromatic carbocycles. The summed E-state index contributed by atoms with van der Waals surface area (Å²) in [5.41, 5.74) is 4.99. The van der Waals surface area contributed by atoms with Crippen molar-refractivity contribution < 1.29 is 0 Å². The van der Waals surface area contributed by atoms with E-state index >= 15 is 0 Å². The molecule has 2 N–H and O–H groups in total. The van der Waals surface area contributed by atoms with Gasteiger partial charge in [0.15, 0.2) is 0 Å². The monoisotopic (exact) mass is 362 g/mol. The fourth-order valence-corrected chi connectivity index (χ4v) is 4.08. The predicted octanol–water partition coefficient (Wildman–Crippen LogP) is 3.08. The van der Waals surface area contributed by atoms with E-state index in [2.05, 4.69) is 21.6 Å². The van der Waals surface area contributed by atoms with Gasteiger partial charge in [-0.05, 0) is 63.8 Å². The Balaban J connectivity index is 1.66. The number of likely N-dealkylation sites (N-methyl/N-ethyl adjacent to an activating group) is 1. The molecule has 2 aromatic rings. The normalized spacial score (nSPS) is 18.9. The molecule has 4 rings (SSSR count). The van der Waals surface area contributed by atoms with Crippen LogP contribution < -0.4 is 15.5 Å². The number of anilines is 3. The van der Waals surface area contributed by atoms with Gasteiger partial charge in [0.25, 0.3) is 0 Å². The molecule has 6 nitrogen and oxygen atoms in total. The number of nitriles is 1. The Morgan fingerprint density at radius 1 is 1.22 bits per heavy atom. The summed E-state index contributed by atoms with van der Waals surface area (Å²) in [7, 11) is 2.04. The molecule has 1 atom stereocenters. The van der Waals surface area contributed by atoms with E-state index < -0.39 is 0 Å². The average molecular weight is 362 g/mol. The molecule has 2 heterocycles. The highest BCUT2D eigenvalue weighted by Gasteiger charge is 2.26. The largest absolute Gasteiger partial charge is 0.355 e. The number of aryl methyl sites for hydroxylation is 2. The molecule has 6 heteroatoms. The second kappa shape index (κ2) is 7.53. The minimum absolute atomic E-state index is 0.512. The van der Waals surface area contributed by atoms with E-state index in [0.29, 0.717) is 17.6 Å². The van der Waals surface area contributed by atoms with Crippen molar-refractivity contribution in [2.75, 3.05) is 30.4 Å². The first kappa shape index (κ1) is 17.7. The average Bonchev–Trinajstić information content (AvgIpc) is 3.17. The lowest BCUT2D eigenvalue weighted by molar-refractivity contribution is 0.447. The highest BCUT2D eigenvalue weighted by atomic mass is 15.2. The lowest BCUT2D eigenvalue weighted by atomic mass is 10.1. The van der Waals surface area contributed by atoms with Gasteiger partial charge >= 0.3 is 0 Å². The first-order valence-corrected chi connectivity index (χ1v) is 9.77. The van der Waals surface area contributed by atoms with Gasteiger partial charge in [-0.15, -0.1) is 0 Å². The fourth-order valence-electron chi connectivity index (χ4n) is 4.08. The lowest BCUT2D eigenvalue weighted by Gasteiger charge is -2.34. The van der Waals surface area contributed by atoms with Crippen LogP contribution in [-0.4, -0.2) is 36.1 Å². The first-order chi connectivity index (χ1) is 13.2. The van der Waals surface area contributed by atoms with Crippen molar-refractivity contribution in [1.29, 1.82) is 5.26 Å². The van der Waals surface area contributed by atoms with Gasteiger partial charge in [-0.2, -0.15) is 10.2 Å². The standard InChI is InChI=1S/C21H26N6/c1-14-8-9-16(11-15(14)12-22)24-21-25-19-7-3-6-18(19)20(26-21)27-10-4-5-17(13-27)23-2/h8-9,11,17,23H,3-7,10,13H2,1-2H3,(H,24,25,26)/t17-/m1/s1. The molecular weight excluding hydrogens is 336 g/mol. The third-order valence-corrected chi connectivity index (χ3v) is 5.65. The van der Waals surface area contributed by atoms with Crippen LogP contribution in [0.25, 0.3) is 0 Å². The Bertz CT molecular complexity index is 885. The Labute approximate surface area is 160 Å². The number of hydrogen-bond donors (Lipinski definition) is 2. The molecule has 140 valence electrons. The van der Waals surface area contributed by atoms with Gasteiger partial charge in [-0.1, -0.05) is 6.07 Å². The number of piperidine rings is 1. The van der Waals surface area contributed by atoms with E-state index in [4.69, 9.17) is 9.97 Å². The molecule has 1 aliphatic heterocycles. The van der Waals surface area contributed by atoms with E-state index in [0.717, 1.165) is 49.4 Å². The molecule has 0 amide bonds. The molecule has 1 aromatic heterocycles. The summed E-state index contributed by atoms with van der Waals surface area (Å²) in [4.78, 5) is 12.1. The second-order valence-electron chi connectivity index (χ2n) is 7.49. The van der Waals surface area contributed by atoms with Crippen LogP contribution in [0.4, 0.5) is 17.5 Å². The van der Waals surface area contributed by atoms with Crippen LogP contribution in [0.5, 0.6) is 0 Å². The first-order valence-electron chi connectivity index (χ1n) is 9.77. The number of hydrogen-bond acceptors (Lipinski definition) is 6. The van der Waals surface area contributed by atoms with Crippen molar-refractivity contribution in [1.82, 2.24) is 15.3 Å². The predicted molar refractivity (Wildman–Crippen MR) is 108 cm³/mol. The van der Waals surface area contributed by atoms with Crippen LogP contribution in [-0.2, 0) is 12.8 Å². The maximum absolute atomic E-state index is 9.28. The fraction of sp³-hybridized carbons (Fsp3) is 0.476. The minimum Gasteiger partial charge on any atom is -0.355 e. The van der Waals surface area contributed by atoms with Crippen molar-refractivity contribution in [3.8, 4) is 6.07 Å². The van der Waals surface area contributed by atoms with E-state index in [1.807, 2.05) is 32.2 Å². The summed E-state index contributed by atoms with van der Waals surface area (Å²) in [5.74, 6) is 1.72. The maximum atomic E-state index is 9.28. The van der Waals surface area contributed by atoms with Crippen molar-refractivity contribution in [3.05, 3.63) is 40.6 Å². The molecule has 0 unspecified atom stereocenters. The minimum atomic E-state index is 0.512. The number of nitrogens with one attached hydrogen (secondary N) is 2. The molecule has 0 radical (unpaired) electrons. The molecule has 0 spiro atoms. The number of rotatable bonds is 4. The number of nitrogens with zero attached hydrogens (tertiary/aromatic N) is 4. The van der Waals surface area contributed by atoms with Crippen LogP contribution in [0.1, 0.15) is 41.6 Å². The topological polar surface area (TPSA) is 76.9 Å². The van der Waals surface area contributed by atoms with Gasteiger partial charge in [0.1, 0.15) is 5.82 Å². The number of aromatic nitrogens is 2. The van der Waals surface area contributed by atoms with E-state index in [-0.39, 0.29) is 0 Å². The van der Waals surface area contributed by atoms with Gasteiger partial charge in [0, 0.05) is 30.4 Å². The molecular formula is C21H26N6. The molecule has 2 aliphatic rings. The van der Waals surface area contributed by atoms with E-state index in [9.17, 15) is 5.26 Å². The van der Waals surface area contributed by atoms with Gasteiger partial charge in [0.05, 0.1) is 17.3 Å². The Morgan fingerprint density at radius 3 is 2.93 bits per heavy atom. The third kappa shape index (κ3) is 3.60. The van der Waals surface area contributed by atoms with Crippen molar-refractivity contribution >= 4 is 17.5 Å². The zero-order valence-electron chi connectivity index (χ0n) is 16.0. The van der Waals surface area contributed by atoms with Crippen molar-refractivity contribution in [2.45, 2.75) is 45.1 Å².